The molecule has 1 unspecified atom stereocenters. The first kappa shape index (κ1) is 19.2. The predicted molar refractivity (Wildman–Crippen MR) is 106 cm³/mol. The molecule has 0 aliphatic heterocycles. The van der Waals surface area contributed by atoms with E-state index in [4.69, 9.17) is 0 Å². The van der Waals surface area contributed by atoms with Crippen LogP contribution in [-0.2, 0) is 4.79 Å². The van der Waals surface area contributed by atoms with E-state index in [1.807, 2.05) is 57.2 Å². The Morgan fingerprint density at radius 2 is 1.68 bits per heavy atom. The minimum absolute atomic E-state index is 0.416. The first-order chi connectivity index (χ1) is 13.3. The molecule has 0 saturated heterocycles. The third kappa shape index (κ3) is 4.40. The van der Waals surface area contributed by atoms with Gasteiger partial charge in [-0.3, -0.25) is 10.1 Å². The van der Waals surface area contributed by atoms with Gasteiger partial charge in [-0.05, 0) is 44.5 Å². The average Bonchev–Trinajstić information content (AvgIpc) is 3.14. The van der Waals surface area contributed by atoms with Crippen LogP contribution in [0.25, 0.3) is 11.4 Å². The Labute approximate surface area is 163 Å². The summed E-state index contributed by atoms with van der Waals surface area (Å²) in [7, 11) is 0. The molecule has 0 fully saturated rings. The highest BCUT2D eigenvalue weighted by atomic mass is 16.2. The number of rotatable bonds is 4. The van der Waals surface area contributed by atoms with Crippen LogP contribution in [-0.4, -0.2) is 32.1 Å². The van der Waals surface area contributed by atoms with Gasteiger partial charge in [-0.25, -0.2) is 4.79 Å². The number of tetrazole rings is 1. The normalized spacial score (nSPS) is 11.7. The molecule has 3 aromatic rings. The monoisotopic (exact) mass is 378 g/mol. The summed E-state index contributed by atoms with van der Waals surface area (Å²) in [5, 5.41) is 17.2. The van der Waals surface area contributed by atoms with Gasteiger partial charge in [0.2, 0.25) is 5.82 Å². The standard InChI is InChI=1S/C20H22N6O2/c1-12-5-8-16(9-6-12)18-23-25-26(24-18)15(4)19(27)22-20(28)21-17-10-7-13(2)11-14(17)3/h5-11,15H,1-4H3,(H2,21,22,27,28). The number of nitrogens with one attached hydrogen (secondary N) is 2. The molecule has 0 aliphatic rings. The Balaban J connectivity index is 1.64. The summed E-state index contributed by atoms with van der Waals surface area (Å²) in [6.45, 7) is 7.45. The molecule has 2 aromatic carbocycles. The van der Waals surface area contributed by atoms with Gasteiger partial charge >= 0.3 is 6.03 Å². The third-order valence-corrected chi connectivity index (χ3v) is 4.33. The van der Waals surface area contributed by atoms with Gasteiger partial charge in [0.15, 0.2) is 0 Å². The van der Waals surface area contributed by atoms with Gasteiger partial charge in [0, 0.05) is 11.3 Å². The quantitative estimate of drug-likeness (QED) is 0.726. The molecule has 1 aromatic heterocycles. The van der Waals surface area contributed by atoms with Crippen molar-refractivity contribution in [3.05, 3.63) is 59.2 Å². The van der Waals surface area contributed by atoms with Crippen LogP contribution in [0.15, 0.2) is 42.5 Å². The highest BCUT2D eigenvalue weighted by Gasteiger charge is 2.21. The fraction of sp³-hybridized carbons (Fsp3) is 0.250. The number of imide groups is 1. The molecule has 8 heteroatoms. The molecule has 1 heterocycles. The molecule has 2 N–H and O–H groups in total. The van der Waals surface area contributed by atoms with Crippen LogP contribution in [0.1, 0.15) is 29.7 Å². The maximum absolute atomic E-state index is 12.4. The Hall–Kier alpha value is -3.55. The smallest absolute Gasteiger partial charge is 0.307 e. The van der Waals surface area contributed by atoms with Gasteiger partial charge in [0.1, 0.15) is 6.04 Å². The molecule has 144 valence electrons. The number of carbonyl (C=O) groups excluding carboxylic acids is 2. The van der Waals surface area contributed by atoms with Gasteiger partial charge in [0.05, 0.1) is 0 Å². The second-order valence-corrected chi connectivity index (χ2v) is 6.74. The van der Waals surface area contributed by atoms with Crippen molar-refractivity contribution in [3.63, 3.8) is 0 Å². The Kier molecular flexibility index (Phi) is 5.49. The zero-order valence-corrected chi connectivity index (χ0v) is 16.2. The number of hydrogen-bond donors (Lipinski definition) is 2. The van der Waals surface area contributed by atoms with E-state index in [0.717, 1.165) is 22.3 Å². The third-order valence-electron chi connectivity index (χ3n) is 4.33. The summed E-state index contributed by atoms with van der Waals surface area (Å²) < 4.78 is 0. The zero-order valence-electron chi connectivity index (χ0n) is 16.2. The van der Waals surface area contributed by atoms with Crippen molar-refractivity contribution in [2.45, 2.75) is 33.7 Å². The molecule has 1 atom stereocenters. The van der Waals surface area contributed by atoms with Gasteiger partial charge in [-0.2, -0.15) is 4.80 Å². The van der Waals surface area contributed by atoms with Gasteiger partial charge in [-0.15, -0.1) is 10.2 Å². The van der Waals surface area contributed by atoms with Crippen LogP contribution in [0.4, 0.5) is 10.5 Å². The number of carbonyl (C=O) groups is 2. The molecule has 3 amide bonds. The fourth-order valence-corrected chi connectivity index (χ4v) is 2.64. The minimum Gasteiger partial charge on any atom is -0.307 e. The lowest BCUT2D eigenvalue weighted by Gasteiger charge is -2.12. The second kappa shape index (κ2) is 7.99. The Morgan fingerprint density at radius 3 is 2.36 bits per heavy atom. The number of aryl methyl sites for hydroxylation is 3. The maximum Gasteiger partial charge on any atom is 0.325 e. The first-order valence-electron chi connectivity index (χ1n) is 8.89. The predicted octanol–water partition coefficient (Wildman–Crippen LogP) is 3.17. The summed E-state index contributed by atoms with van der Waals surface area (Å²) in [5.41, 5.74) is 4.57. The lowest BCUT2D eigenvalue weighted by molar-refractivity contribution is -0.123. The molecular weight excluding hydrogens is 356 g/mol. The summed E-state index contributed by atoms with van der Waals surface area (Å²) in [4.78, 5) is 25.7. The summed E-state index contributed by atoms with van der Waals surface area (Å²) in [5.74, 6) is -0.116. The lowest BCUT2D eigenvalue weighted by Crippen LogP contribution is -2.39. The van der Waals surface area contributed by atoms with E-state index >= 15 is 0 Å². The number of anilines is 1. The topological polar surface area (TPSA) is 102 Å². The van der Waals surface area contributed by atoms with E-state index < -0.39 is 18.0 Å². The molecule has 0 aliphatic carbocycles. The van der Waals surface area contributed by atoms with Crippen LogP contribution >= 0.6 is 0 Å². The van der Waals surface area contributed by atoms with Crippen molar-refractivity contribution < 1.29 is 9.59 Å². The molecule has 3 rings (SSSR count). The Morgan fingerprint density at radius 1 is 1.00 bits per heavy atom. The maximum atomic E-state index is 12.4. The van der Waals surface area contributed by atoms with E-state index in [2.05, 4.69) is 26.0 Å². The number of aromatic nitrogens is 4. The number of benzene rings is 2. The zero-order chi connectivity index (χ0) is 20.3. The van der Waals surface area contributed by atoms with E-state index in [1.165, 1.54) is 4.80 Å². The SMILES string of the molecule is Cc1ccc(-c2nnn(C(C)C(=O)NC(=O)Nc3ccc(C)cc3C)n2)cc1. The highest BCUT2D eigenvalue weighted by molar-refractivity contribution is 6.02. The van der Waals surface area contributed by atoms with Crippen molar-refractivity contribution in [2.75, 3.05) is 5.32 Å². The van der Waals surface area contributed by atoms with E-state index in [-0.39, 0.29) is 0 Å². The lowest BCUT2D eigenvalue weighted by atomic mass is 10.1. The molecule has 8 nitrogen and oxygen atoms in total. The van der Waals surface area contributed by atoms with Crippen LogP contribution in [0.2, 0.25) is 0 Å². The molecule has 0 radical (unpaired) electrons. The molecule has 0 bridgehead atoms. The second-order valence-electron chi connectivity index (χ2n) is 6.74. The van der Waals surface area contributed by atoms with Crippen LogP contribution < -0.4 is 10.6 Å². The summed E-state index contributed by atoms with van der Waals surface area (Å²) >= 11 is 0. The summed E-state index contributed by atoms with van der Waals surface area (Å²) in [6, 6.07) is 11.9. The average molecular weight is 378 g/mol. The van der Waals surface area contributed by atoms with Crippen molar-refractivity contribution in [3.8, 4) is 11.4 Å². The number of urea groups is 1. The van der Waals surface area contributed by atoms with Crippen molar-refractivity contribution in [1.82, 2.24) is 25.5 Å². The molecule has 0 spiro atoms. The largest absolute Gasteiger partial charge is 0.325 e. The summed E-state index contributed by atoms with van der Waals surface area (Å²) in [6.07, 6.45) is 0. The fourth-order valence-electron chi connectivity index (χ4n) is 2.64. The van der Waals surface area contributed by atoms with E-state index in [0.29, 0.717) is 11.5 Å². The molecule has 28 heavy (non-hydrogen) atoms. The molecular formula is C20H22N6O2. The van der Waals surface area contributed by atoms with Gasteiger partial charge in [0.25, 0.3) is 5.91 Å². The van der Waals surface area contributed by atoms with Gasteiger partial charge < -0.3 is 5.32 Å². The van der Waals surface area contributed by atoms with Crippen LogP contribution in [0, 0.1) is 20.8 Å². The van der Waals surface area contributed by atoms with Crippen molar-refractivity contribution in [1.29, 1.82) is 0 Å². The van der Waals surface area contributed by atoms with Gasteiger partial charge in [-0.1, -0.05) is 47.5 Å². The van der Waals surface area contributed by atoms with E-state index in [9.17, 15) is 9.59 Å². The van der Waals surface area contributed by atoms with Crippen molar-refractivity contribution in [2.24, 2.45) is 0 Å². The molecule has 0 saturated carbocycles. The number of amides is 3. The van der Waals surface area contributed by atoms with Crippen LogP contribution in [0.5, 0.6) is 0 Å². The number of nitrogens with zero attached hydrogens (tertiary/aromatic N) is 4. The first-order valence-corrected chi connectivity index (χ1v) is 8.89. The van der Waals surface area contributed by atoms with E-state index in [1.54, 1.807) is 13.0 Å². The number of hydrogen-bond acceptors (Lipinski definition) is 5. The highest BCUT2D eigenvalue weighted by Crippen LogP contribution is 2.17. The van der Waals surface area contributed by atoms with Crippen molar-refractivity contribution >= 4 is 17.6 Å². The minimum atomic E-state index is -0.795. The Bertz CT molecular complexity index is 1010. The van der Waals surface area contributed by atoms with Crippen LogP contribution in [0.3, 0.4) is 0 Å².